The minimum absolute atomic E-state index is 0.177. The molecule has 26 heavy (non-hydrogen) atoms. The van der Waals surface area contributed by atoms with Crippen LogP contribution in [0.1, 0.15) is 47.0 Å². The highest BCUT2D eigenvalue weighted by molar-refractivity contribution is 5.74. The van der Waals surface area contributed by atoms with Crippen molar-refractivity contribution in [1.82, 2.24) is 0 Å². The molecule has 0 aliphatic heterocycles. The van der Waals surface area contributed by atoms with Crippen LogP contribution in [0, 0.1) is 17.8 Å². The number of carbonyl (C=O) groups excluding carboxylic acids is 1. The number of rotatable bonds is 13. The molecule has 3 atom stereocenters. The zero-order valence-corrected chi connectivity index (χ0v) is 16.5. The monoisotopic (exact) mass is 378 g/mol. The minimum atomic E-state index is -0.870. The van der Waals surface area contributed by atoms with Crippen molar-refractivity contribution in [2.45, 2.75) is 47.0 Å². The highest BCUT2D eigenvalue weighted by Crippen LogP contribution is 2.17. The number of hydrogen-bond acceptors (Lipinski definition) is 6. The molecule has 0 rings (SSSR count). The van der Waals surface area contributed by atoms with E-state index in [2.05, 4.69) is 0 Å². The number of carbonyl (C=O) groups is 3. The second-order valence-corrected chi connectivity index (χ2v) is 6.00. The third-order valence-electron chi connectivity index (χ3n) is 3.82. The van der Waals surface area contributed by atoms with Gasteiger partial charge in [-0.25, -0.2) is 0 Å². The summed E-state index contributed by atoms with van der Waals surface area (Å²) in [5, 5.41) is 17.1. The summed E-state index contributed by atoms with van der Waals surface area (Å²) in [6.45, 7) is 8.48. The smallest absolute Gasteiger partial charge is 0.308 e. The largest absolute Gasteiger partial charge is 0.481 e. The van der Waals surface area contributed by atoms with Crippen molar-refractivity contribution in [3.05, 3.63) is 0 Å². The Balaban J connectivity index is 0. The first-order valence-electron chi connectivity index (χ1n) is 8.89. The molecule has 0 saturated heterocycles. The fourth-order valence-electron chi connectivity index (χ4n) is 1.73. The standard InChI is InChI=1S/C13H24O6.C5H10O2/c1-4-11(12(14)15)9-10(2)13(16)19-8-7-18-6-5-17-3;1-3-4(2)5(6)7/h10-11H,4-9H2,1-3H3,(H,14,15);4H,3H2,1-2H3,(H,6,7). The van der Waals surface area contributed by atoms with Crippen LogP contribution in [0.3, 0.4) is 0 Å². The van der Waals surface area contributed by atoms with Gasteiger partial charge in [0.2, 0.25) is 0 Å². The number of hydrogen-bond donors (Lipinski definition) is 2. The molecule has 2 N–H and O–H groups in total. The maximum atomic E-state index is 11.6. The summed E-state index contributed by atoms with van der Waals surface area (Å²) in [6.07, 6.45) is 1.53. The molecule has 0 radical (unpaired) electrons. The van der Waals surface area contributed by atoms with Crippen LogP contribution in [0.4, 0.5) is 0 Å². The first-order valence-corrected chi connectivity index (χ1v) is 8.89. The van der Waals surface area contributed by atoms with E-state index in [9.17, 15) is 14.4 Å². The lowest BCUT2D eigenvalue weighted by molar-refractivity contribution is -0.151. The molecular weight excluding hydrogens is 344 g/mol. The Labute approximate surface area is 155 Å². The van der Waals surface area contributed by atoms with E-state index in [0.717, 1.165) is 6.42 Å². The number of methoxy groups -OCH3 is 1. The van der Waals surface area contributed by atoms with Crippen LogP contribution in [0.25, 0.3) is 0 Å². The maximum Gasteiger partial charge on any atom is 0.308 e. The van der Waals surface area contributed by atoms with Crippen molar-refractivity contribution in [1.29, 1.82) is 0 Å². The Morgan fingerprint density at radius 2 is 1.42 bits per heavy atom. The second kappa shape index (κ2) is 16.8. The van der Waals surface area contributed by atoms with Crippen LogP contribution in [-0.4, -0.2) is 61.7 Å². The number of carboxylic acid groups (broad SMARTS) is 2. The van der Waals surface area contributed by atoms with Gasteiger partial charge in [-0.05, 0) is 19.3 Å². The fourth-order valence-corrected chi connectivity index (χ4v) is 1.73. The van der Waals surface area contributed by atoms with Gasteiger partial charge in [-0.15, -0.1) is 0 Å². The van der Waals surface area contributed by atoms with E-state index in [4.69, 9.17) is 24.4 Å². The predicted octanol–water partition coefficient (Wildman–Crippen LogP) is 2.45. The van der Waals surface area contributed by atoms with Gasteiger partial charge in [-0.3, -0.25) is 14.4 Å². The lowest BCUT2D eigenvalue weighted by atomic mass is 9.94. The highest BCUT2D eigenvalue weighted by atomic mass is 16.6. The molecule has 3 unspecified atom stereocenters. The van der Waals surface area contributed by atoms with Crippen molar-refractivity contribution in [2.24, 2.45) is 17.8 Å². The van der Waals surface area contributed by atoms with Crippen LogP contribution in [0.5, 0.6) is 0 Å². The average Bonchev–Trinajstić information content (AvgIpc) is 2.61. The summed E-state index contributed by atoms with van der Waals surface area (Å²) >= 11 is 0. The normalized spacial score (nSPS) is 13.7. The third-order valence-corrected chi connectivity index (χ3v) is 3.82. The molecule has 8 heteroatoms. The Morgan fingerprint density at radius 1 is 0.846 bits per heavy atom. The van der Waals surface area contributed by atoms with Crippen LogP contribution < -0.4 is 0 Å². The van der Waals surface area contributed by atoms with Crippen LogP contribution in [0.15, 0.2) is 0 Å². The van der Waals surface area contributed by atoms with E-state index in [-0.39, 0.29) is 18.5 Å². The van der Waals surface area contributed by atoms with Crippen LogP contribution >= 0.6 is 0 Å². The van der Waals surface area contributed by atoms with Crippen molar-refractivity contribution in [3.63, 3.8) is 0 Å². The van der Waals surface area contributed by atoms with Gasteiger partial charge in [0, 0.05) is 7.11 Å². The number of esters is 1. The molecule has 0 fully saturated rings. The van der Waals surface area contributed by atoms with Gasteiger partial charge in [-0.1, -0.05) is 27.7 Å². The Morgan fingerprint density at radius 3 is 1.81 bits per heavy atom. The molecule has 0 saturated carbocycles. The quantitative estimate of drug-likeness (QED) is 0.370. The highest BCUT2D eigenvalue weighted by Gasteiger charge is 2.23. The number of aliphatic carboxylic acids is 2. The molecule has 8 nitrogen and oxygen atoms in total. The van der Waals surface area contributed by atoms with E-state index in [0.29, 0.717) is 32.7 Å². The van der Waals surface area contributed by atoms with E-state index in [1.807, 2.05) is 6.92 Å². The molecule has 0 bridgehead atoms. The first kappa shape index (κ1) is 26.6. The molecule has 0 aromatic carbocycles. The van der Waals surface area contributed by atoms with Crippen molar-refractivity contribution < 1.29 is 38.8 Å². The fraction of sp³-hybridized carbons (Fsp3) is 0.833. The Hall–Kier alpha value is -1.67. The minimum Gasteiger partial charge on any atom is -0.481 e. The number of carboxylic acids is 2. The molecule has 0 spiro atoms. The van der Waals surface area contributed by atoms with Crippen LogP contribution in [-0.2, 0) is 28.6 Å². The summed E-state index contributed by atoms with van der Waals surface area (Å²) in [5.74, 6) is -3.05. The van der Waals surface area contributed by atoms with Crippen molar-refractivity contribution in [2.75, 3.05) is 33.5 Å². The second-order valence-electron chi connectivity index (χ2n) is 6.00. The zero-order chi connectivity index (χ0) is 20.5. The van der Waals surface area contributed by atoms with Gasteiger partial charge in [0.1, 0.15) is 6.61 Å². The van der Waals surface area contributed by atoms with Gasteiger partial charge in [0.25, 0.3) is 0 Å². The molecule has 0 amide bonds. The summed E-state index contributed by atoms with van der Waals surface area (Å²) < 4.78 is 15.0. The molecule has 0 aromatic heterocycles. The van der Waals surface area contributed by atoms with E-state index in [1.165, 1.54) is 0 Å². The zero-order valence-electron chi connectivity index (χ0n) is 16.5. The SMILES string of the molecule is CCC(C)C(=O)O.CCC(CC(C)C(=O)OCCOCCOC)C(=O)O. The summed E-state index contributed by atoms with van der Waals surface area (Å²) in [5.41, 5.74) is 0. The number of ether oxygens (including phenoxy) is 3. The first-order chi connectivity index (χ1) is 12.2. The molecule has 0 aliphatic rings. The summed E-state index contributed by atoms with van der Waals surface area (Å²) in [4.78, 5) is 32.4. The van der Waals surface area contributed by atoms with E-state index >= 15 is 0 Å². The van der Waals surface area contributed by atoms with Crippen molar-refractivity contribution >= 4 is 17.9 Å². The predicted molar refractivity (Wildman–Crippen MR) is 95.9 cm³/mol. The van der Waals surface area contributed by atoms with Crippen LogP contribution in [0.2, 0.25) is 0 Å². The molecular formula is C18H34O8. The van der Waals surface area contributed by atoms with Gasteiger partial charge in [-0.2, -0.15) is 0 Å². The third kappa shape index (κ3) is 14.7. The topological polar surface area (TPSA) is 119 Å². The van der Waals surface area contributed by atoms with Gasteiger partial charge in [0.15, 0.2) is 0 Å². The Bertz CT molecular complexity index is 397. The average molecular weight is 378 g/mol. The lowest BCUT2D eigenvalue weighted by Gasteiger charge is -2.15. The Kier molecular flexibility index (Phi) is 17.1. The lowest BCUT2D eigenvalue weighted by Crippen LogP contribution is -2.23. The van der Waals surface area contributed by atoms with Crippen molar-refractivity contribution in [3.8, 4) is 0 Å². The van der Waals surface area contributed by atoms with Gasteiger partial charge < -0.3 is 24.4 Å². The molecule has 0 heterocycles. The summed E-state index contributed by atoms with van der Waals surface area (Å²) in [7, 11) is 1.58. The van der Waals surface area contributed by atoms with E-state index in [1.54, 1.807) is 27.9 Å². The maximum absolute atomic E-state index is 11.6. The van der Waals surface area contributed by atoms with E-state index < -0.39 is 23.8 Å². The summed E-state index contributed by atoms with van der Waals surface area (Å²) in [6, 6.07) is 0. The van der Waals surface area contributed by atoms with Gasteiger partial charge >= 0.3 is 17.9 Å². The molecule has 154 valence electrons. The molecule has 0 aromatic rings. The molecule has 0 aliphatic carbocycles. The van der Waals surface area contributed by atoms with Gasteiger partial charge in [0.05, 0.1) is 37.6 Å².